The molecule has 36 heavy (non-hydrogen) atoms. The predicted molar refractivity (Wildman–Crippen MR) is 128 cm³/mol. The summed E-state index contributed by atoms with van der Waals surface area (Å²) in [5.74, 6) is 0.699. The number of nitrogens with one attached hydrogen (secondary N) is 2. The summed E-state index contributed by atoms with van der Waals surface area (Å²) in [7, 11) is 4.43. The number of hydrogen-bond acceptors (Lipinski definition) is 9. The van der Waals surface area contributed by atoms with Gasteiger partial charge in [-0.15, -0.1) is 0 Å². The fourth-order valence-electron chi connectivity index (χ4n) is 3.35. The molecule has 0 saturated heterocycles. The number of nitrogens with zero attached hydrogens (tertiary/aromatic N) is 6. The second kappa shape index (κ2) is 9.37. The number of nitrogens with two attached hydrogens (primary N) is 1. The van der Waals surface area contributed by atoms with Gasteiger partial charge in [0.25, 0.3) is 5.56 Å². The first-order valence-corrected chi connectivity index (χ1v) is 10.6. The molecule has 188 valence electrons. The quantitative estimate of drug-likeness (QED) is 0.326. The van der Waals surface area contributed by atoms with Crippen LogP contribution in [0.25, 0.3) is 16.9 Å². The van der Waals surface area contributed by atoms with Crippen molar-refractivity contribution >= 4 is 46.0 Å². The van der Waals surface area contributed by atoms with Crippen molar-refractivity contribution in [2.24, 2.45) is 19.8 Å². The summed E-state index contributed by atoms with van der Waals surface area (Å²) in [4.78, 5) is 29.3. The van der Waals surface area contributed by atoms with E-state index in [-0.39, 0.29) is 33.8 Å². The van der Waals surface area contributed by atoms with Crippen molar-refractivity contribution in [3.63, 3.8) is 0 Å². The minimum absolute atomic E-state index is 0.0361. The van der Waals surface area contributed by atoms with E-state index in [0.717, 1.165) is 4.57 Å². The Hall–Kier alpha value is -4.33. The van der Waals surface area contributed by atoms with E-state index in [9.17, 15) is 18.0 Å². The molecule has 11 nitrogen and oxygen atoms in total. The molecule has 0 aromatic carbocycles. The first kappa shape index (κ1) is 24.8. The van der Waals surface area contributed by atoms with Gasteiger partial charge in [0.05, 0.1) is 11.8 Å². The standard InChI is InChI=1S/C21H19ClF3N9O2/c1-27-17-15(28-4-5-29-17)12(7-26)36-13-8-30-18-16(14(13)22)34(3)20(32-18)31-11-6-10(21(23,24)25)9-33(2)19(11)35/h4-9H,26H2,1-3H3,(H,27,29)(H,30,31,32). The molecular weight excluding hydrogens is 503 g/mol. The molecule has 0 fully saturated rings. The van der Waals surface area contributed by atoms with Crippen LogP contribution in [0.15, 0.2) is 41.8 Å². The third kappa shape index (κ3) is 4.49. The Morgan fingerprint density at radius 2 is 1.94 bits per heavy atom. The normalized spacial score (nSPS) is 12.1. The summed E-state index contributed by atoms with van der Waals surface area (Å²) >= 11 is 6.58. The van der Waals surface area contributed by atoms with E-state index >= 15 is 0 Å². The van der Waals surface area contributed by atoms with E-state index in [0.29, 0.717) is 29.3 Å². The number of ether oxygens (including phenoxy) is 1. The van der Waals surface area contributed by atoms with Gasteiger partial charge in [-0.1, -0.05) is 11.6 Å². The molecule has 0 atom stereocenters. The number of aryl methyl sites for hydroxylation is 2. The van der Waals surface area contributed by atoms with Gasteiger partial charge in [-0.3, -0.25) is 4.79 Å². The lowest BCUT2D eigenvalue weighted by molar-refractivity contribution is -0.138. The fraction of sp³-hybridized carbons (Fsp3) is 0.190. The minimum atomic E-state index is -4.64. The topological polar surface area (TPSA) is 138 Å². The molecule has 4 aromatic heterocycles. The Morgan fingerprint density at radius 1 is 1.22 bits per heavy atom. The third-order valence-corrected chi connectivity index (χ3v) is 5.47. The highest BCUT2D eigenvalue weighted by atomic mass is 35.5. The molecule has 4 N–H and O–H groups in total. The van der Waals surface area contributed by atoms with Crippen molar-refractivity contribution in [2.75, 3.05) is 17.7 Å². The molecule has 0 radical (unpaired) electrons. The summed E-state index contributed by atoms with van der Waals surface area (Å²) in [6, 6.07) is 0.712. The second-order valence-corrected chi connectivity index (χ2v) is 7.80. The highest BCUT2D eigenvalue weighted by Gasteiger charge is 2.32. The summed E-state index contributed by atoms with van der Waals surface area (Å²) in [6.45, 7) is 0. The number of halogens is 4. The van der Waals surface area contributed by atoms with Crippen molar-refractivity contribution in [3.05, 3.63) is 63.7 Å². The van der Waals surface area contributed by atoms with E-state index in [1.807, 2.05) is 0 Å². The van der Waals surface area contributed by atoms with Crippen LogP contribution >= 0.6 is 11.6 Å². The van der Waals surface area contributed by atoms with Crippen LogP contribution in [0.1, 0.15) is 11.3 Å². The van der Waals surface area contributed by atoms with Crippen molar-refractivity contribution in [3.8, 4) is 5.75 Å². The summed E-state index contributed by atoms with van der Waals surface area (Å²) in [5.41, 5.74) is 4.52. The van der Waals surface area contributed by atoms with Crippen LogP contribution in [0.5, 0.6) is 5.75 Å². The number of rotatable bonds is 6. The molecule has 4 heterocycles. The average Bonchev–Trinajstić information content (AvgIpc) is 3.16. The number of imidazole rings is 1. The zero-order chi connectivity index (χ0) is 26.2. The van der Waals surface area contributed by atoms with Crippen LogP contribution < -0.4 is 26.7 Å². The molecule has 15 heteroatoms. The largest absolute Gasteiger partial charge is 0.450 e. The first-order valence-electron chi connectivity index (χ1n) is 10.2. The van der Waals surface area contributed by atoms with E-state index in [2.05, 4.69) is 30.6 Å². The zero-order valence-electron chi connectivity index (χ0n) is 19.1. The van der Waals surface area contributed by atoms with Crippen LogP contribution in [0.4, 0.5) is 30.6 Å². The van der Waals surface area contributed by atoms with Gasteiger partial charge in [0.2, 0.25) is 5.95 Å². The Kier molecular flexibility index (Phi) is 6.45. The molecule has 0 aliphatic heterocycles. The third-order valence-electron chi connectivity index (χ3n) is 5.10. The molecule has 0 bridgehead atoms. The number of anilines is 3. The first-order chi connectivity index (χ1) is 17.0. The molecule has 0 saturated carbocycles. The monoisotopic (exact) mass is 521 g/mol. The van der Waals surface area contributed by atoms with Crippen LogP contribution in [0.2, 0.25) is 5.02 Å². The van der Waals surface area contributed by atoms with Gasteiger partial charge in [-0.2, -0.15) is 18.2 Å². The van der Waals surface area contributed by atoms with Gasteiger partial charge in [0.1, 0.15) is 21.9 Å². The lowest BCUT2D eigenvalue weighted by Crippen LogP contribution is -2.23. The fourth-order valence-corrected chi connectivity index (χ4v) is 3.65. The molecule has 0 aliphatic rings. The lowest BCUT2D eigenvalue weighted by Gasteiger charge is -2.13. The molecule has 0 unspecified atom stereocenters. The van der Waals surface area contributed by atoms with Crippen LogP contribution in [-0.2, 0) is 20.3 Å². The molecule has 4 rings (SSSR count). The lowest BCUT2D eigenvalue weighted by atomic mass is 10.2. The van der Waals surface area contributed by atoms with E-state index in [1.54, 1.807) is 14.1 Å². The smallest absolute Gasteiger partial charge is 0.417 e. The summed E-state index contributed by atoms with van der Waals surface area (Å²) < 4.78 is 47.8. The molecular formula is C21H19ClF3N9O2. The van der Waals surface area contributed by atoms with Crippen LogP contribution in [-0.4, -0.2) is 36.1 Å². The van der Waals surface area contributed by atoms with Gasteiger partial charge in [0.15, 0.2) is 23.0 Å². The van der Waals surface area contributed by atoms with E-state index in [1.165, 1.54) is 36.4 Å². The Balaban J connectivity index is 1.73. The van der Waals surface area contributed by atoms with Crippen molar-refractivity contribution in [2.45, 2.75) is 6.18 Å². The van der Waals surface area contributed by atoms with Gasteiger partial charge in [-0.05, 0) is 6.07 Å². The molecule has 4 aromatic rings. The highest BCUT2D eigenvalue weighted by molar-refractivity contribution is 6.36. The van der Waals surface area contributed by atoms with Crippen molar-refractivity contribution < 1.29 is 17.9 Å². The van der Waals surface area contributed by atoms with E-state index in [4.69, 9.17) is 22.1 Å². The van der Waals surface area contributed by atoms with Gasteiger partial charge in [0, 0.05) is 45.9 Å². The Bertz CT molecular complexity index is 1550. The Morgan fingerprint density at radius 3 is 2.61 bits per heavy atom. The predicted octanol–water partition coefficient (Wildman–Crippen LogP) is 3.25. The molecule has 0 amide bonds. The highest BCUT2D eigenvalue weighted by Crippen LogP contribution is 2.36. The second-order valence-electron chi connectivity index (χ2n) is 7.42. The maximum atomic E-state index is 13.2. The number of alkyl halides is 3. The van der Waals surface area contributed by atoms with E-state index < -0.39 is 17.3 Å². The average molecular weight is 522 g/mol. The van der Waals surface area contributed by atoms with Gasteiger partial charge in [-0.25, -0.2) is 15.0 Å². The van der Waals surface area contributed by atoms with Gasteiger partial charge >= 0.3 is 6.18 Å². The molecule has 0 aliphatic carbocycles. The van der Waals surface area contributed by atoms with Crippen LogP contribution in [0.3, 0.4) is 0 Å². The molecule has 0 spiro atoms. The number of pyridine rings is 2. The number of fused-ring (bicyclic) bond motifs is 1. The summed E-state index contributed by atoms with van der Waals surface area (Å²) in [6.07, 6.45) is 1.52. The summed E-state index contributed by atoms with van der Waals surface area (Å²) in [5, 5.41) is 5.61. The minimum Gasteiger partial charge on any atom is -0.450 e. The number of hydrogen-bond donors (Lipinski definition) is 3. The number of aromatic nitrogens is 6. The zero-order valence-corrected chi connectivity index (χ0v) is 19.8. The van der Waals surface area contributed by atoms with Gasteiger partial charge < -0.3 is 30.2 Å². The van der Waals surface area contributed by atoms with Crippen LogP contribution in [0, 0.1) is 0 Å². The van der Waals surface area contributed by atoms with Crippen molar-refractivity contribution in [1.82, 2.24) is 29.1 Å². The maximum Gasteiger partial charge on any atom is 0.417 e. The van der Waals surface area contributed by atoms with Crippen molar-refractivity contribution in [1.29, 1.82) is 0 Å². The Labute approximate surface area is 206 Å². The SMILES string of the molecule is CNc1nccnc1C(=CN)Oc1cnc2nc(Nc3cc(C(F)(F)F)cn(C)c3=O)n(C)c2c1Cl. The maximum absolute atomic E-state index is 13.2.